The fourth-order valence-corrected chi connectivity index (χ4v) is 3.69. The van der Waals surface area contributed by atoms with Gasteiger partial charge in [-0.2, -0.15) is 0 Å². The fourth-order valence-electron chi connectivity index (χ4n) is 1.93. The third-order valence-electron chi connectivity index (χ3n) is 2.94. The van der Waals surface area contributed by atoms with Gasteiger partial charge >= 0.3 is 0 Å². The third kappa shape index (κ3) is 2.00. The Morgan fingerprint density at radius 1 is 1.41 bits per heavy atom. The molecule has 1 unspecified atom stereocenters. The van der Waals surface area contributed by atoms with Gasteiger partial charge in [-0.1, -0.05) is 6.07 Å². The summed E-state index contributed by atoms with van der Waals surface area (Å²) < 4.78 is 24.5. The first-order valence-corrected chi connectivity index (χ1v) is 6.82. The summed E-state index contributed by atoms with van der Waals surface area (Å²) in [6, 6.07) is 6.05. The van der Waals surface area contributed by atoms with Gasteiger partial charge in [0, 0.05) is 19.3 Å². The number of likely N-dealkylation sites (tertiary alicyclic amines) is 1. The standard InChI is InChI=1S/C11H14N2O3S/c1-13-6-5-10(11(13)14)17(15,16)9-4-2-3-8(12)7-9/h2-4,7,10H,5-6,12H2,1H3. The smallest absolute Gasteiger partial charge is 0.241 e. The molecule has 0 saturated carbocycles. The highest BCUT2D eigenvalue weighted by atomic mass is 32.2. The normalized spacial score (nSPS) is 20.9. The van der Waals surface area contributed by atoms with Crippen LogP contribution in [0.2, 0.25) is 0 Å². The van der Waals surface area contributed by atoms with Gasteiger partial charge in [-0.05, 0) is 24.6 Å². The minimum absolute atomic E-state index is 0.117. The maximum atomic E-state index is 12.2. The Hall–Kier alpha value is -1.56. The Bertz CT molecular complexity index is 554. The molecule has 1 aliphatic heterocycles. The van der Waals surface area contributed by atoms with Crippen molar-refractivity contribution in [2.45, 2.75) is 16.6 Å². The average molecular weight is 254 g/mol. The lowest BCUT2D eigenvalue weighted by molar-refractivity contribution is -0.126. The largest absolute Gasteiger partial charge is 0.399 e. The summed E-state index contributed by atoms with van der Waals surface area (Å²) in [4.78, 5) is 13.3. The van der Waals surface area contributed by atoms with Gasteiger partial charge in [-0.3, -0.25) is 4.79 Å². The van der Waals surface area contributed by atoms with E-state index in [1.54, 1.807) is 19.2 Å². The van der Waals surface area contributed by atoms with Crippen LogP contribution in [0.1, 0.15) is 6.42 Å². The number of hydrogen-bond acceptors (Lipinski definition) is 4. The van der Waals surface area contributed by atoms with E-state index < -0.39 is 15.1 Å². The zero-order valence-corrected chi connectivity index (χ0v) is 10.3. The number of carbonyl (C=O) groups is 1. The van der Waals surface area contributed by atoms with Crippen molar-refractivity contribution in [2.24, 2.45) is 0 Å². The molecule has 2 N–H and O–H groups in total. The van der Waals surface area contributed by atoms with Gasteiger partial charge in [0.2, 0.25) is 5.91 Å². The third-order valence-corrected chi connectivity index (χ3v) is 5.04. The number of nitrogens with two attached hydrogens (primary N) is 1. The lowest BCUT2D eigenvalue weighted by Gasteiger charge is -2.11. The van der Waals surface area contributed by atoms with Crippen LogP contribution in [-0.4, -0.2) is 38.1 Å². The topological polar surface area (TPSA) is 80.5 Å². The SMILES string of the molecule is CN1CCC(S(=O)(=O)c2cccc(N)c2)C1=O. The molecule has 0 spiro atoms. The number of carbonyl (C=O) groups excluding carboxylic acids is 1. The molecule has 0 bridgehead atoms. The van der Waals surface area contributed by atoms with Crippen LogP contribution < -0.4 is 5.73 Å². The zero-order chi connectivity index (χ0) is 12.6. The average Bonchev–Trinajstić information content (AvgIpc) is 2.60. The maximum Gasteiger partial charge on any atom is 0.241 e. The van der Waals surface area contributed by atoms with Gasteiger partial charge < -0.3 is 10.6 Å². The number of nitrogens with zero attached hydrogens (tertiary/aromatic N) is 1. The highest BCUT2D eigenvalue weighted by Crippen LogP contribution is 2.25. The molecule has 1 aromatic rings. The van der Waals surface area contributed by atoms with E-state index in [1.807, 2.05) is 0 Å². The second kappa shape index (κ2) is 4.03. The fraction of sp³-hybridized carbons (Fsp3) is 0.364. The van der Waals surface area contributed by atoms with Crippen LogP contribution >= 0.6 is 0 Å². The number of rotatable bonds is 2. The van der Waals surface area contributed by atoms with E-state index >= 15 is 0 Å². The van der Waals surface area contributed by atoms with Crippen LogP contribution in [0.3, 0.4) is 0 Å². The Morgan fingerprint density at radius 3 is 2.65 bits per heavy atom. The van der Waals surface area contributed by atoms with Crippen molar-refractivity contribution in [3.8, 4) is 0 Å². The first kappa shape index (κ1) is 11.9. The molecule has 1 heterocycles. The lowest BCUT2D eigenvalue weighted by atomic mass is 10.3. The van der Waals surface area contributed by atoms with E-state index in [9.17, 15) is 13.2 Å². The van der Waals surface area contributed by atoms with E-state index in [0.717, 1.165) is 0 Å². The molecule has 2 rings (SSSR count). The number of benzene rings is 1. The molecule has 1 aromatic carbocycles. The summed E-state index contributed by atoms with van der Waals surface area (Å²) in [6.07, 6.45) is 0.340. The molecule has 6 heteroatoms. The van der Waals surface area contributed by atoms with Crippen molar-refractivity contribution in [2.75, 3.05) is 19.3 Å². The van der Waals surface area contributed by atoms with Gasteiger partial charge in [0.15, 0.2) is 9.84 Å². The Morgan fingerprint density at radius 2 is 2.12 bits per heavy atom. The minimum atomic E-state index is -3.61. The summed E-state index contributed by atoms with van der Waals surface area (Å²) in [5, 5.41) is -0.964. The molecule has 1 atom stereocenters. The van der Waals surface area contributed by atoms with E-state index in [0.29, 0.717) is 18.7 Å². The predicted molar refractivity (Wildman–Crippen MR) is 64.1 cm³/mol. The van der Waals surface area contributed by atoms with Crippen molar-refractivity contribution < 1.29 is 13.2 Å². The van der Waals surface area contributed by atoms with Crippen molar-refractivity contribution in [3.05, 3.63) is 24.3 Å². The van der Waals surface area contributed by atoms with Crippen molar-refractivity contribution in [1.29, 1.82) is 0 Å². The number of nitrogen functional groups attached to an aromatic ring is 1. The molecular weight excluding hydrogens is 240 g/mol. The number of sulfone groups is 1. The predicted octanol–water partition coefficient (Wildman–Crippen LogP) is 0.273. The van der Waals surface area contributed by atoms with Crippen molar-refractivity contribution >= 4 is 21.4 Å². The quantitative estimate of drug-likeness (QED) is 0.768. The summed E-state index contributed by atoms with van der Waals surface area (Å²) in [6.45, 7) is 0.477. The van der Waals surface area contributed by atoms with Crippen LogP contribution in [0, 0.1) is 0 Å². The molecule has 5 nitrogen and oxygen atoms in total. The Kier molecular flexibility index (Phi) is 2.82. The monoisotopic (exact) mass is 254 g/mol. The van der Waals surface area contributed by atoms with E-state index in [-0.39, 0.29) is 10.8 Å². The molecule has 1 aliphatic rings. The summed E-state index contributed by atoms with van der Waals surface area (Å²) in [5.41, 5.74) is 5.94. The summed E-state index contributed by atoms with van der Waals surface area (Å²) >= 11 is 0. The van der Waals surface area contributed by atoms with Crippen molar-refractivity contribution in [1.82, 2.24) is 4.90 Å². The molecule has 0 radical (unpaired) electrons. The van der Waals surface area contributed by atoms with Gasteiger partial charge in [0.25, 0.3) is 0 Å². The van der Waals surface area contributed by atoms with Gasteiger partial charge in [-0.15, -0.1) is 0 Å². The molecule has 92 valence electrons. The number of anilines is 1. The highest BCUT2D eigenvalue weighted by molar-refractivity contribution is 7.92. The molecular formula is C11H14N2O3S. The first-order chi connectivity index (χ1) is 7.93. The van der Waals surface area contributed by atoms with E-state index in [4.69, 9.17) is 5.73 Å². The molecule has 1 amide bonds. The van der Waals surface area contributed by atoms with Crippen molar-refractivity contribution in [3.63, 3.8) is 0 Å². The first-order valence-electron chi connectivity index (χ1n) is 5.27. The highest BCUT2D eigenvalue weighted by Gasteiger charge is 2.40. The zero-order valence-electron chi connectivity index (χ0n) is 9.46. The molecule has 17 heavy (non-hydrogen) atoms. The van der Waals surface area contributed by atoms with Crippen LogP contribution in [0.25, 0.3) is 0 Å². The molecule has 1 saturated heterocycles. The number of amides is 1. The second-order valence-electron chi connectivity index (χ2n) is 4.15. The second-order valence-corrected chi connectivity index (χ2v) is 6.29. The minimum Gasteiger partial charge on any atom is -0.399 e. The molecule has 0 aromatic heterocycles. The van der Waals surface area contributed by atoms with Crippen LogP contribution in [0.15, 0.2) is 29.2 Å². The molecule has 0 aliphatic carbocycles. The van der Waals surface area contributed by atoms with E-state index in [2.05, 4.69) is 0 Å². The molecule has 1 fully saturated rings. The van der Waals surface area contributed by atoms with Gasteiger partial charge in [0.05, 0.1) is 4.90 Å². The van der Waals surface area contributed by atoms with Gasteiger partial charge in [-0.25, -0.2) is 8.42 Å². The lowest BCUT2D eigenvalue weighted by Crippen LogP contribution is -2.31. The summed E-state index contributed by atoms with van der Waals surface area (Å²) in [5.74, 6) is -0.340. The van der Waals surface area contributed by atoms with Gasteiger partial charge in [0.1, 0.15) is 5.25 Å². The maximum absolute atomic E-state index is 12.2. The van der Waals surface area contributed by atoms with Crippen LogP contribution in [0.4, 0.5) is 5.69 Å². The number of hydrogen-bond donors (Lipinski definition) is 1. The van der Waals surface area contributed by atoms with Crippen LogP contribution in [-0.2, 0) is 14.6 Å². The Labute approximate surface area is 100 Å². The Balaban J connectivity index is 2.41. The van der Waals surface area contributed by atoms with Crippen LogP contribution in [0.5, 0.6) is 0 Å². The summed E-state index contributed by atoms with van der Waals surface area (Å²) in [7, 11) is -2.01. The van der Waals surface area contributed by atoms with E-state index in [1.165, 1.54) is 17.0 Å².